The van der Waals surface area contributed by atoms with Gasteiger partial charge < -0.3 is 4.84 Å². The van der Waals surface area contributed by atoms with Crippen molar-refractivity contribution in [3.8, 4) is 0 Å². The van der Waals surface area contributed by atoms with Gasteiger partial charge in [-0.05, 0) is 18.6 Å². The molecule has 3 heteroatoms. The quantitative estimate of drug-likeness (QED) is 0.667. The zero-order chi connectivity index (χ0) is 9.31. The molecule has 1 aliphatic rings. The Bertz CT molecular complexity index is 336. The Kier molecular flexibility index (Phi) is 2.06. The molecular formula is C10H11NOS. The highest BCUT2D eigenvalue weighted by atomic mass is 32.1. The van der Waals surface area contributed by atoms with E-state index in [1.54, 1.807) is 0 Å². The number of nitrogens with one attached hydrogen (secondary N) is 1. The standard InChI is InChI=1S/C10H11NOS/c1-8-7-10(13,11-12-8)9-5-3-2-4-6-9/h2-7,11,13H,1H3. The van der Waals surface area contributed by atoms with Crippen molar-refractivity contribution in [2.75, 3.05) is 0 Å². The summed E-state index contributed by atoms with van der Waals surface area (Å²) in [6, 6.07) is 9.97. The molecule has 0 fully saturated rings. The van der Waals surface area contributed by atoms with Crippen molar-refractivity contribution in [2.24, 2.45) is 0 Å². The summed E-state index contributed by atoms with van der Waals surface area (Å²) in [6.07, 6.45) is 1.95. The van der Waals surface area contributed by atoms with E-state index in [1.165, 1.54) is 0 Å². The van der Waals surface area contributed by atoms with Crippen LogP contribution in [0.4, 0.5) is 0 Å². The van der Waals surface area contributed by atoms with Gasteiger partial charge in [0.1, 0.15) is 10.6 Å². The molecule has 2 rings (SSSR count). The number of thiol groups is 1. The molecule has 68 valence electrons. The molecule has 13 heavy (non-hydrogen) atoms. The Labute approximate surface area is 83.0 Å². The highest BCUT2D eigenvalue weighted by Crippen LogP contribution is 2.32. The molecule has 1 unspecified atom stereocenters. The zero-order valence-corrected chi connectivity index (χ0v) is 8.21. The number of hydrogen-bond donors (Lipinski definition) is 2. The van der Waals surface area contributed by atoms with Crippen LogP contribution in [0.15, 0.2) is 42.2 Å². The fourth-order valence-electron chi connectivity index (χ4n) is 1.35. The molecule has 1 aliphatic heterocycles. The number of hydrogen-bond acceptors (Lipinski definition) is 3. The maximum atomic E-state index is 5.16. The molecule has 0 saturated carbocycles. The Hall–Kier alpha value is -0.930. The van der Waals surface area contributed by atoms with Crippen LogP contribution in [0, 0.1) is 0 Å². The summed E-state index contributed by atoms with van der Waals surface area (Å²) in [4.78, 5) is 4.68. The first-order chi connectivity index (χ1) is 6.21. The molecule has 1 heterocycles. The SMILES string of the molecule is CC1=CC(S)(c2ccccc2)NO1. The second-order valence-electron chi connectivity index (χ2n) is 3.09. The summed E-state index contributed by atoms with van der Waals surface area (Å²) >= 11 is 4.52. The molecule has 0 saturated heterocycles. The van der Waals surface area contributed by atoms with Crippen LogP contribution in [0.5, 0.6) is 0 Å². The van der Waals surface area contributed by atoms with Crippen molar-refractivity contribution in [3.63, 3.8) is 0 Å². The number of hydroxylamine groups is 1. The van der Waals surface area contributed by atoms with Crippen molar-refractivity contribution < 1.29 is 4.84 Å². The van der Waals surface area contributed by atoms with Crippen molar-refractivity contribution in [2.45, 2.75) is 11.8 Å². The first-order valence-electron chi connectivity index (χ1n) is 4.12. The van der Waals surface area contributed by atoms with Crippen LogP contribution in [0.25, 0.3) is 0 Å². The summed E-state index contributed by atoms with van der Waals surface area (Å²) in [5.41, 5.74) is 3.95. The van der Waals surface area contributed by atoms with Gasteiger partial charge in [0.15, 0.2) is 0 Å². The van der Waals surface area contributed by atoms with Gasteiger partial charge in [-0.25, -0.2) is 0 Å². The van der Waals surface area contributed by atoms with E-state index in [2.05, 4.69) is 18.1 Å². The van der Waals surface area contributed by atoms with E-state index in [9.17, 15) is 0 Å². The van der Waals surface area contributed by atoms with Crippen LogP contribution in [-0.2, 0) is 9.71 Å². The van der Waals surface area contributed by atoms with Crippen LogP contribution in [0.2, 0.25) is 0 Å². The molecule has 0 spiro atoms. The minimum absolute atomic E-state index is 0.481. The largest absolute Gasteiger partial charge is 0.412 e. The van der Waals surface area contributed by atoms with E-state index in [1.807, 2.05) is 43.3 Å². The predicted molar refractivity (Wildman–Crippen MR) is 55.1 cm³/mol. The van der Waals surface area contributed by atoms with Crippen LogP contribution in [0.1, 0.15) is 12.5 Å². The second-order valence-corrected chi connectivity index (χ2v) is 3.80. The number of rotatable bonds is 1. The van der Waals surface area contributed by atoms with Crippen molar-refractivity contribution in [1.82, 2.24) is 5.48 Å². The molecule has 0 amide bonds. The van der Waals surface area contributed by atoms with E-state index < -0.39 is 4.87 Å². The third kappa shape index (κ3) is 1.57. The monoisotopic (exact) mass is 193 g/mol. The van der Waals surface area contributed by atoms with Gasteiger partial charge in [0, 0.05) is 0 Å². The molecule has 2 nitrogen and oxygen atoms in total. The normalized spacial score (nSPS) is 26.8. The van der Waals surface area contributed by atoms with Gasteiger partial charge in [-0.3, -0.25) is 0 Å². The van der Waals surface area contributed by atoms with Gasteiger partial charge in [-0.2, -0.15) is 0 Å². The Morgan fingerprint density at radius 1 is 1.31 bits per heavy atom. The highest BCUT2D eigenvalue weighted by Gasteiger charge is 2.30. The summed E-state index contributed by atoms with van der Waals surface area (Å²) in [5.74, 6) is 0.846. The molecule has 1 atom stereocenters. The van der Waals surface area contributed by atoms with Crippen molar-refractivity contribution >= 4 is 12.6 Å². The van der Waals surface area contributed by atoms with Crippen LogP contribution in [-0.4, -0.2) is 0 Å². The van der Waals surface area contributed by atoms with Crippen molar-refractivity contribution in [3.05, 3.63) is 47.7 Å². The first-order valence-corrected chi connectivity index (χ1v) is 4.57. The highest BCUT2D eigenvalue weighted by molar-refractivity contribution is 7.81. The van der Waals surface area contributed by atoms with Gasteiger partial charge in [0.25, 0.3) is 0 Å². The Morgan fingerprint density at radius 2 is 2.00 bits per heavy atom. The lowest BCUT2D eigenvalue weighted by Gasteiger charge is -2.19. The zero-order valence-electron chi connectivity index (χ0n) is 7.32. The maximum Gasteiger partial charge on any atom is 0.143 e. The van der Waals surface area contributed by atoms with Gasteiger partial charge >= 0.3 is 0 Å². The van der Waals surface area contributed by atoms with Gasteiger partial charge in [0.05, 0.1) is 0 Å². The minimum Gasteiger partial charge on any atom is -0.412 e. The molecular weight excluding hydrogens is 182 g/mol. The van der Waals surface area contributed by atoms with Crippen LogP contribution >= 0.6 is 12.6 Å². The summed E-state index contributed by atoms with van der Waals surface area (Å²) in [6.45, 7) is 1.90. The maximum absolute atomic E-state index is 5.16. The molecule has 1 aromatic carbocycles. The Morgan fingerprint density at radius 3 is 2.54 bits per heavy atom. The molecule has 1 aromatic rings. The smallest absolute Gasteiger partial charge is 0.143 e. The fourth-order valence-corrected chi connectivity index (χ4v) is 1.72. The van der Waals surface area contributed by atoms with E-state index in [4.69, 9.17) is 4.84 Å². The van der Waals surface area contributed by atoms with Crippen LogP contribution < -0.4 is 5.48 Å². The third-order valence-corrected chi connectivity index (χ3v) is 2.47. The average molecular weight is 193 g/mol. The van der Waals surface area contributed by atoms with Crippen LogP contribution in [0.3, 0.4) is 0 Å². The van der Waals surface area contributed by atoms with E-state index in [0.29, 0.717) is 0 Å². The summed E-state index contributed by atoms with van der Waals surface area (Å²) in [7, 11) is 0. The molecule has 0 bridgehead atoms. The molecule has 0 aromatic heterocycles. The van der Waals surface area contributed by atoms with E-state index in [-0.39, 0.29) is 0 Å². The van der Waals surface area contributed by atoms with Crippen molar-refractivity contribution in [1.29, 1.82) is 0 Å². The van der Waals surface area contributed by atoms with E-state index >= 15 is 0 Å². The molecule has 0 aliphatic carbocycles. The Balaban J connectivity index is 2.37. The number of benzene rings is 1. The number of allylic oxidation sites excluding steroid dienone is 1. The van der Waals surface area contributed by atoms with E-state index in [0.717, 1.165) is 11.3 Å². The van der Waals surface area contributed by atoms with Gasteiger partial charge in [0.2, 0.25) is 0 Å². The minimum atomic E-state index is -0.481. The molecule has 0 radical (unpaired) electrons. The lowest BCUT2D eigenvalue weighted by Crippen LogP contribution is -2.29. The summed E-state index contributed by atoms with van der Waals surface area (Å²) in [5, 5.41) is 0. The predicted octanol–water partition coefficient (Wildman–Crippen LogP) is 2.21. The summed E-state index contributed by atoms with van der Waals surface area (Å²) < 4.78 is 0. The fraction of sp³-hybridized carbons (Fsp3) is 0.200. The third-order valence-electron chi connectivity index (χ3n) is 1.99. The lowest BCUT2D eigenvalue weighted by molar-refractivity contribution is 0.109. The average Bonchev–Trinajstić information content (AvgIpc) is 2.49. The lowest BCUT2D eigenvalue weighted by atomic mass is 10.1. The topological polar surface area (TPSA) is 21.3 Å². The van der Waals surface area contributed by atoms with Gasteiger partial charge in [-0.15, -0.1) is 18.1 Å². The molecule has 1 N–H and O–H groups in total. The first kappa shape index (κ1) is 8.66. The second kappa shape index (κ2) is 3.09. The van der Waals surface area contributed by atoms with Gasteiger partial charge in [-0.1, -0.05) is 30.3 Å².